The Bertz CT molecular complexity index is 957. The third kappa shape index (κ3) is 2.27. The monoisotopic (exact) mass is 324 g/mol. The summed E-state index contributed by atoms with van der Waals surface area (Å²) in [6.07, 6.45) is 0.675. The predicted octanol–water partition coefficient (Wildman–Crippen LogP) is 1.82. The summed E-state index contributed by atoms with van der Waals surface area (Å²) >= 11 is 0. The normalized spacial score (nSPS) is 10.6. The number of nitrogen functional groups attached to an aromatic ring is 1. The third-order valence-corrected chi connectivity index (χ3v) is 3.76. The minimum Gasteiger partial charge on any atom is -0.493 e. The molecular weight excluding hydrogens is 308 g/mol. The molecule has 0 radical (unpaired) electrons. The predicted molar refractivity (Wildman–Crippen MR) is 87.8 cm³/mol. The Morgan fingerprint density at radius 3 is 2.58 bits per heavy atom. The molecule has 0 amide bonds. The molecule has 2 N–H and O–H groups in total. The van der Waals surface area contributed by atoms with E-state index in [0.717, 1.165) is 16.8 Å². The number of anilines is 1. The molecule has 0 aliphatic rings. The van der Waals surface area contributed by atoms with Crippen LogP contribution in [0.4, 0.5) is 5.82 Å². The number of benzene rings is 1. The van der Waals surface area contributed by atoms with Crippen LogP contribution in [0.1, 0.15) is 18.3 Å². The van der Waals surface area contributed by atoms with E-state index in [2.05, 4.69) is 15.3 Å². The molecule has 0 atom stereocenters. The van der Waals surface area contributed by atoms with Gasteiger partial charge in [0.05, 0.1) is 25.5 Å². The van der Waals surface area contributed by atoms with Crippen LogP contribution in [0, 0.1) is 11.3 Å². The Balaban J connectivity index is 2.30. The van der Waals surface area contributed by atoms with Crippen LogP contribution in [0.2, 0.25) is 0 Å². The summed E-state index contributed by atoms with van der Waals surface area (Å²) in [5, 5.41) is 21.5. The molecule has 8 heteroatoms. The van der Waals surface area contributed by atoms with E-state index in [1.54, 1.807) is 14.2 Å². The zero-order chi connectivity index (χ0) is 17.3. The molecule has 3 aromatic rings. The first kappa shape index (κ1) is 15.6. The number of fused-ring (bicyclic) bond motifs is 1. The average molecular weight is 324 g/mol. The van der Waals surface area contributed by atoms with Gasteiger partial charge in [0.2, 0.25) is 5.69 Å². The Labute approximate surface area is 138 Å². The lowest BCUT2D eigenvalue weighted by molar-refractivity contribution is 0.355. The highest BCUT2D eigenvalue weighted by molar-refractivity contribution is 5.82. The van der Waals surface area contributed by atoms with E-state index in [1.165, 1.54) is 4.52 Å². The van der Waals surface area contributed by atoms with Gasteiger partial charge in [0, 0.05) is 0 Å². The SMILES string of the molecule is CCc1nn2c(N)c(C#N)nnc2c1-c1ccc(OC)c(OC)c1. The number of nitrogens with zero attached hydrogens (tertiary/aromatic N) is 5. The molecule has 0 spiro atoms. The summed E-state index contributed by atoms with van der Waals surface area (Å²) in [6.45, 7) is 1.99. The first-order valence-electron chi connectivity index (χ1n) is 7.30. The van der Waals surface area contributed by atoms with Gasteiger partial charge in [-0.1, -0.05) is 13.0 Å². The van der Waals surface area contributed by atoms with E-state index < -0.39 is 0 Å². The van der Waals surface area contributed by atoms with Crippen molar-refractivity contribution in [1.29, 1.82) is 5.26 Å². The molecule has 0 aliphatic heterocycles. The second kappa shape index (κ2) is 6.04. The molecule has 0 bridgehead atoms. The second-order valence-corrected chi connectivity index (χ2v) is 5.03. The van der Waals surface area contributed by atoms with E-state index in [1.807, 2.05) is 31.2 Å². The first-order chi connectivity index (χ1) is 11.6. The van der Waals surface area contributed by atoms with Gasteiger partial charge in [-0.25, -0.2) is 0 Å². The van der Waals surface area contributed by atoms with Gasteiger partial charge in [-0.05, 0) is 24.1 Å². The van der Waals surface area contributed by atoms with Crippen molar-refractivity contribution >= 4 is 11.5 Å². The van der Waals surface area contributed by atoms with Crippen molar-refractivity contribution in [2.75, 3.05) is 20.0 Å². The molecule has 24 heavy (non-hydrogen) atoms. The summed E-state index contributed by atoms with van der Waals surface area (Å²) in [5.41, 5.74) is 8.99. The fraction of sp³-hybridized carbons (Fsp3) is 0.250. The van der Waals surface area contributed by atoms with Crippen molar-refractivity contribution in [3.8, 4) is 28.7 Å². The minimum atomic E-state index is 0.0477. The van der Waals surface area contributed by atoms with E-state index in [4.69, 9.17) is 20.5 Å². The summed E-state index contributed by atoms with van der Waals surface area (Å²) in [5.74, 6) is 1.41. The first-order valence-corrected chi connectivity index (χ1v) is 7.30. The number of nitriles is 1. The van der Waals surface area contributed by atoms with Crippen molar-refractivity contribution in [2.24, 2.45) is 0 Å². The Kier molecular flexibility index (Phi) is 3.92. The molecule has 2 heterocycles. The molecule has 8 nitrogen and oxygen atoms in total. The zero-order valence-corrected chi connectivity index (χ0v) is 13.6. The number of rotatable bonds is 4. The molecular formula is C16H16N6O2. The van der Waals surface area contributed by atoms with Crippen LogP contribution in [-0.2, 0) is 6.42 Å². The van der Waals surface area contributed by atoms with Crippen molar-refractivity contribution in [3.63, 3.8) is 0 Å². The summed E-state index contributed by atoms with van der Waals surface area (Å²) in [4.78, 5) is 0. The highest BCUT2D eigenvalue weighted by Gasteiger charge is 2.20. The lowest BCUT2D eigenvalue weighted by Gasteiger charge is -2.09. The van der Waals surface area contributed by atoms with Gasteiger partial charge in [0.1, 0.15) is 6.07 Å². The van der Waals surface area contributed by atoms with Gasteiger partial charge < -0.3 is 15.2 Å². The molecule has 0 fully saturated rings. The van der Waals surface area contributed by atoms with Gasteiger partial charge in [-0.15, -0.1) is 10.2 Å². The fourth-order valence-electron chi connectivity index (χ4n) is 2.58. The third-order valence-electron chi connectivity index (χ3n) is 3.76. The van der Waals surface area contributed by atoms with Crippen LogP contribution < -0.4 is 15.2 Å². The van der Waals surface area contributed by atoms with E-state index in [9.17, 15) is 0 Å². The van der Waals surface area contributed by atoms with Crippen molar-refractivity contribution in [1.82, 2.24) is 19.8 Å². The van der Waals surface area contributed by atoms with Gasteiger partial charge in [0.15, 0.2) is 23.0 Å². The molecule has 0 aliphatic carbocycles. The molecule has 0 saturated carbocycles. The Morgan fingerprint density at radius 1 is 1.21 bits per heavy atom. The number of ether oxygens (including phenoxy) is 2. The number of nitrogens with two attached hydrogens (primary N) is 1. The lowest BCUT2D eigenvalue weighted by Crippen LogP contribution is -2.06. The largest absolute Gasteiger partial charge is 0.493 e. The fourth-order valence-corrected chi connectivity index (χ4v) is 2.58. The Hall–Kier alpha value is -3.34. The van der Waals surface area contributed by atoms with Crippen LogP contribution >= 0.6 is 0 Å². The van der Waals surface area contributed by atoms with E-state index in [-0.39, 0.29) is 11.5 Å². The van der Waals surface area contributed by atoms with Crippen LogP contribution in [0.5, 0.6) is 11.5 Å². The van der Waals surface area contributed by atoms with Crippen molar-refractivity contribution in [2.45, 2.75) is 13.3 Å². The maximum atomic E-state index is 9.05. The summed E-state index contributed by atoms with van der Waals surface area (Å²) < 4.78 is 12.1. The lowest BCUT2D eigenvalue weighted by atomic mass is 10.0. The average Bonchev–Trinajstić information content (AvgIpc) is 3.01. The number of hydrogen-bond donors (Lipinski definition) is 1. The highest BCUT2D eigenvalue weighted by Crippen LogP contribution is 2.35. The van der Waals surface area contributed by atoms with Crippen molar-refractivity contribution in [3.05, 3.63) is 29.6 Å². The summed E-state index contributed by atoms with van der Waals surface area (Å²) in [7, 11) is 3.16. The maximum Gasteiger partial charge on any atom is 0.205 e. The van der Waals surface area contributed by atoms with Crippen LogP contribution in [0.25, 0.3) is 16.8 Å². The second-order valence-electron chi connectivity index (χ2n) is 5.03. The molecule has 3 rings (SSSR count). The quantitative estimate of drug-likeness (QED) is 0.779. The van der Waals surface area contributed by atoms with E-state index >= 15 is 0 Å². The van der Waals surface area contributed by atoms with Crippen LogP contribution in [0.3, 0.4) is 0 Å². The van der Waals surface area contributed by atoms with Crippen molar-refractivity contribution < 1.29 is 9.47 Å². The van der Waals surface area contributed by atoms with Gasteiger partial charge in [0.25, 0.3) is 0 Å². The van der Waals surface area contributed by atoms with Gasteiger partial charge in [-0.3, -0.25) is 0 Å². The van der Waals surface area contributed by atoms with Gasteiger partial charge in [-0.2, -0.15) is 14.9 Å². The minimum absolute atomic E-state index is 0.0477. The molecule has 2 aromatic heterocycles. The summed E-state index contributed by atoms with van der Waals surface area (Å²) in [6, 6.07) is 7.48. The van der Waals surface area contributed by atoms with Gasteiger partial charge >= 0.3 is 0 Å². The number of hydrogen-bond acceptors (Lipinski definition) is 7. The van der Waals surface area contributed by atoms with Crippen LogP contribution in [0.15, 0.2) is 18.2 Å². The topological polar surface area (TPSA) is 111 Å². The van der Waals surface area contributed by atoms with Crippen LogP contribution in [-0.4, -0.2) is 34.0 Å². The number of methoxy groups -OCH3 is 2. The molecule has 1 aromatic carbocycles. The van der Waals surface area contributed by atoms with E-state index in [0.29, 0.717) is 23.6 Å². The number of aryl methyl sites for hydroxylation is 1. The standard InChI is InChI=1S/C16H16N6O2/c1-4-10-14(9-5-6-12(23-2)13(7-9)24-3)16-20-19-11(8-17)15(18)22(16)21-10/h5-7H,4,18H2,1-3H3. The Morgan fingerprint density at radius 2 is 1.96 bits per heavy atom. The number of aromatic nitrogens is 4. The maximum absolute atomic E-state index is 9.05. The molecule has 0 unspecified atom stereocenters. The molecule has 122 valence electrons. The zero-order valence-electron chi connectivity index (χ0n) is 13.6. The molecule has 0 saturated heterocycles. The smallest absolute Gasteiger partial charge is 0.205 e. The highest BCUT2D eigenvalue weighted by atomic mass is 16.5.